The Morgan fingerprint density at radius 2 is 2.10 bits per heavy atom. The predicted octanol–water partition coefficient (Wildman–Crippen LogP) is 1.26. The average Bonchev–Trinajstić information content (AvgIpc) is 2.53. The molecule has 1 aliphatic carbocycles. The fraction of sp³-hybridized carbons (Fsp3) is 0.714. The van der Waals surface area contributed by atoms with Crippen LogP contribution in [0, 0.1) is 5.92 Å². The minimum atomic E-state index is 0.205. The maximum Gasteiger partial charge on any atom is 0.158 e. The number of ether oxygens (including phenoxy) is 1. The van der Waals surface area contributed by atoms with Crippen LogP contribution in [-0.2, 0) is 11.3 Å². The van der Waals surface area contributed by atoms with E-state index in [0.717, 1.165) is 18.7 Å². The van der Waals surface area contributed by atoms with Gasteiger partial charge in [-0.25, -0.2) is 15.8 Å². The van der Waals surface area contributed by atoms with Crippen molar-refractivity contribution in [3.05, 3.63) is 11.9 Å². The Morgan fingerprint density at radius 3 is 2.81 bits per heavy atom. The molecule has 1 heterocycles. The second-order valence-corrected chi connectivity index (χ2v) is 5.31. The number of nitrogen functional groups attached to an aromatic ring is 1. The topological polar surface area (TPSA) is 105 Å². The maximum atomic E-state index is 9.49. The van der Waals surface area contributed by atoms with E-state index in [-0.39, 0.29) is 18.6 Å². The Labute approximate surface area is 125 Å². The summed E-state index contributed by atoms with van der Waals surface area (Å²) in [7, 11) is 0. The van der Waals surface area contributed by atoms with Crippen LogP contribution in [0.15, 0.2) is 6.07 Å². The number of hydrogen-bond donors (Lipinski definition) is 4. The van der Waals surface area contributed by atoms with E-state index in [4.69, 9.17) is 10.6 Å². The molecule has 2 unspecified atom stereocenters. The Morgan fingerprint density at radius 1 is 1.33 bits per heavy atom. The highest BCUT2D eigenvalue weighted by Gasteiger charge is 2.24. The van der Waals surface area contributed by atoms with Crippen LogP contribution in [-0.4, -0.2) is 34.3 Å². The zero-order valence-corrected chi connectivity index (χ0v) is 12.5. The van der Waals surface area contributed by atoms with Crippen LogP contribution in [0.5, 0.6) is 0 Å². The molecule has 7 heteroatoms. The first kappa shape index (κ1) is 15.9. The van der Waals surface area contributed by atoms with Crippen LogP contribution in [0.25, 0.3) is 0 Å². The third kappa shape index (κ3) is 4.52. The van der Waals surface area contributed by atoms with Crippen molar-refractivity contribution in [2.45, 2.75) is 45.3 Å². The molecule has 1 saturated carbocycles. The summed E-state index contributed by atoms with van der Waals surface area (Å²) in [4.78, 5) is 8.72. The molecule has 2 rings (SSSR count). The van der Waals surface area contributed by atoms with Crippen LogP contribution in [0.3, 0.4) is 0 Å². The second kappa shape index (κ2) is 8.11. The van der Waals surface area contributed by atoms with Crippen molar-refractivity contribution in [1.29, 1.82) is 0 Å². The maximum absolute atomic E-state index is 9.49. The number of nitrogens with two attached hydrogens (primary N) is 1. The van der Waals surface area contributed by atoms with Crippen molar-refractivity contribution < 1.29 is 9.84 Å². The lowest BCUT2D eigenvalue weighted by molar-refractivity contribution is 0.128. The lowest BCUT2D eigenvalue weighted by Gasteiger charge is -2.31. The molecular formula is C14H25N5O2. The summed E-state index contributed by atoms with van der Waals surface area (Å²) in [6.07, 6.45) is 4.44. The van der Waals surface area contributed by atoms with Crippen molar-refractivity contribution in [3.8, 4) is 0 Å². The van der Waals surface area contributed by atoms with Gasteiger partial charge in [0.1, 0.15) is 18.2 Å². The lowest BCUT2D eigenvalue weighted by Crippen LogP contribution is -2.34. The molecule has 2 atom stereocenters. The number of anilines is 2. The molecule has 118 valence electrons. The van der Waals surface area contributed by atoms with Gasteiger partial charge in [0.15, 0.2) is 5.82 Å². The molecule has 5 N–H and O–H groups in total. The number of aliphatic hydroxyl groups excluding tert-OH is 1. The molecule has 0 aromatic carbocycles. The number of hydrazine groups is 1. The summed E-state index contributed by atoms with van der Waals surface area (Å²) in [6, 6.07) is 2.02. The van der Waals surface area contributed by atoms with Gasteiger partial charge >= 0.3 is 0 Å². The van der Waals surface area contributed by atoms with Crippen molar-refractivity contribution in [2.24, 2.45) is 11.8 Å². The van der Waals surface area contributed by atoms with Crippen molar-refractivity contribution >= 4 is 11.6 Å². The summed E-state index contributed by atoms with van der Waals surface area (Å²) >= 11 is 0. The fourth-order valence-corrected chi connectivity index (χ4v) is 2.71. The smallest absolute Gasteiger partial charge is 0.158 e. The van der Waals surface area contributed by atoms with Crippen molar-refractivity contribution in [3.63, 3.8) is 0 Å². The predicted molar refractivity (Wildman–Crippen MR) is 81.6 cm³/mol. The van der Waals surface area contributed by atoms with Crippen molar-refractivity contribution in [2.75, 3.05) is 24.0 Å². The first-order chi connectivity index (χ1) is 10.3. The molecule has 0 radical (unpaired) electrons. The van der Waals surface area contributed by atoms with E-state index in [1.807, 2.05) is 6.92 Å². The first-order valence-corrected chi connectivity index (χ1v) is 7.56. The number of aliphatic hydroxyl groups is 1. The number of nitrogens with zero attached hydrogens (tertiary/aromatic N) is 2. The molecule has 1 aliphatic rings. The molecule has 0 bridgehead atoms. The molecule has 21 heavy (non-hydrogen) atoms. The van der Waals surface area contributed by atoms with Gasteiger partial charge in [-0.3, -0.25) is 0 Å². The summed E-state index contributed by atoms with van der Waals surface area (Å²) in [5.41, 5.74) is 2.55. The Balaban J connectivity index is 2.10. The normalized spacial score (nSPS) is 22.0. The molecule has 0 aliphatic heterocycles. The Kier molecular flexibility index (Phi) is 6.16. The average molecular weight is 295 g/mol. The first-order valence-electron chi connectivity index (χ1n) is 7.56. The van der Waals surface area contributed by atoms with E-state index in [1.165, 1.54) is 12.8 Å². The lowest BCUT2D eigenvalue weighted by atomic mass is 9.85. The molecule has 7 nitrogen and oxygen atoms in total. The van der Waals surface area contributed by atoms with Crippen LogP contribution in [0.2, 0.25) is 0 Å². The standard InChI is InChI=1S/C14H25N5O2/c1-2-21-9-14-17-12(7-13(18-14)19-15)16-11-6-4-3-5-10(11)8-20/h7,10-11,20H,2-6,8-9,15H2,1H3,(H2,16,17,18,19). The Hall–Kier alpha value is -1.44. The zero-order valence-electron chi connectivity index (χ0n) is 12.5. The zero-order chi connectivity index (χ0) is 15.1. The number of nitrogens with one attached hydrogen (secondary N) is 2. The van der Waals surface area contributed by atoms with Crippen LogP contribution < -0.4 is 16.6 Å². The monoisotopic (exact) mass is 295 g/mol. The van der Waals surface area contributed by atoms with Crippen molar-refractivity contribution in [1.82, 2.24) is 9.97 Å². The Bertz CT molecular complexity index is 443. The number of rotatable bonds is 7. The molecule has 1 aromatic rings. The molecule has 0 amide bonds. The minimum Gasteiger partial charge on any atom is -0.396 e. The second-order valence-electron chi connectivity index (χ2n) is 5.31. The van der Waals surface area contributed by atoms with Crippen LogP contribution >= 0.6 is 0 Å². The van der Waals surface area contributed by atoms with E-state index < -0.39 is 0 Å². The van der Waals surface area contributed by atoms with Gasteiger partial charge in [0, 0.05) is 31.2 Å². The summed E-state index contributed by atoms with van der Waals surface area (Å²) in [6.45, 7) is 3.10. The number of aromatic nitrogens is 2. The quantitative estimate of drug-likeness (QED) is 0.443. The highest BCUT2D eigenvalue weighted by Crippen LogP contribution is 2.27. The van der Waals surface area contributed by atoms with Gasteiger partial charge in [-0.1, -0.05) is 12.8 Å². The van der Waals surface area contributed by atoms with Gasteiger partial charge in [0.25, 0.3) is 0 Å². The van der Waals surface area contributed by atoms with Crippen LogP contribution in [0.1, 0.15) is 38.4 Å². The van der Waals surface area contributed by atoms with E-state index in [1.54, 1.807) is 6.07 Å². The van der Waals surface area contributed by atoms with Gasteiger partial charge in [-0.05, 0) is 19.8 Å². The molecule has 0 saturated heterocycles. The number of hydrogen-bond acceptors (Lipinski definition) is 7. The van der Waals surface area contributed by atoms with Gasteiger partial charge < -0.3 is 20.6 Å². The highest BCUT2D eigenvalue weighted by atomic mass is 16.5. The third-order valence-electron chi connectivity index (χ3n) is 3.83. The van der Waals surface area contributed by atoms with E-state index in [9.17, 15) is 5.11 Å². The van der Waals surface area contributed by atoms with E-state index >= 15 is 0 Å². The minimum absolute atomic E-state index is 0.205. The fourth-order valence-electron chi connectivity index (χ4n) is 2.71. The van der Waals surface area contributed by atoms with Crippen LogP contribution in [0.4, 0.5) is 11.6 Å². The van der Waals surface area contributed by atoms with Gasteiger partial charge in [0.2, 0.25) is 0 Å². The highest BCUT2D eigenvalue weighted by molar-refractivity contribution is 5.47. The molecular weight excluding hydrogens is 270 g/mol. The summed E-state index contributed by atoms with van der Waals surface area (Å²) in [5, 5.41) is 12.9. The van der Waals surface area contributed by atoms with E-state index in [2.05, 4.69) is 20.7 Å². The third-order valence-corrected chi connectivity index (χ3v) is 3.83. The summed E-state index contributed by atoms with van der Waals surface area (Å²) in [5.74, 6) is 7.59. The largest absolute Gasteiger partial charge is 0.396 e. The summed E-state index contributed by atoms with van der Waals surface area (Å²) < 4.78 is 5.34. The molecule has 0 spiro atoms. The van der Waals surface area contributed by atoms with Gasteiger partial charge in [-0.2, -0.15) is 0 Å². The van der Waals surface area contributed by atoms with Gasteiger partial charge in [-0.15, -0.1) is 0 Å². The van der Waals surface area contributed by atoms with Gasteiger partial charge in [0.05, 0.1) is 0 Å². The molecule has 1 fully saturated rings. The molecule has 1 aromatic heterocycles. The van der Waals surface area contributed by atoms with E-state index in [0.29, 0.717) is 24.9 Å². The SMILES string of the molecule is CCOCc1nc(NN)cc(NC2CCCCC2CO)n1.